The van der Waals surface area contributed by atoms with Gasteiger partial charge < -0.3 is 26.0 Å². The number of hydrogen-bond donors (Lipinski definition) is 3. The highest BCUT2D eigenvalue weighted by Gasteiger charge is 2.34. The molecule has 0 unspecified atom stereocenters. The molecule has 4 N–H and O–H groups in total. The monoisotopic (exact) mass is 410 g/mol. The van der Waals surface area contributed by atoms with Gasteiger partial charge in [0.25, 0.3) is 0 Å². The predicted molar refractivity (Wildman–Crippen MR) is 118 cm³/mol. The molecule has 30 heavy (non-hydrogen) atoms. The van der Waals surface area contributed by atoms with E-state index in [0.717, 1.165) is 5.69 Å². The van der Waals surface area contributed by atoms with Crippen LogP contribution in [0.5, 0.6) is 0 Å². The molecule has 160 valence electrons. The maximum Gasteiger partial charge on any atom is 0.318 e. The van der Waals surface area contributed by atoms with Crippen LogP contribution in [0.2, 0.25) is 0 Å². The standard InChI is InChI=1S/C23H30N4O3/c1-23(2,24)21(20(29)16-28)25-22(30)27-14-12-26(13-15-27)19-10-8-18(9-11-19)17-6-4-3-5-7-17/h3-11,21,28H,12-16,24H2,1-2H3,(H,25,30)/t21-/m0/s1. The van der Waals surface area contributed by atoms with E-state index in [4.69, 9.17) is 10.8 Å². The van der Waals surface area contributed by atoms with E-state index in [1.54, 1.807) is 18.7 Å². The van der Waals surface area contributed by atoms with Crippen LogP contribution in [-0.2, 0) is 4.79 Å². The molecule has 2 aromatic carbocycles. The van der Waals surface area contributed by atoms with E-state index in [9.17, 15) is 9.59 Å². The number of anilines is 1. The molecular weight excluding hydrogens is 380 g/mol. The number of aliphatic hydroxyl groups excluding tert-OH is 1. The summed E-state index contributed by atoms with van der Waals surface area (Å²) in [6.45, 7) is 5.13. The number of amides is 2. The van der Waals surface area contributed by atoms with Crippen LogP contribution in [0.15, 0.2) is 54.6 Å². The van der Waals surface area contributed by atoms with Crippen molar-refractivity contribution in [2.45, 2.75) is 25.4 Å². The van der Waals surface area contributed by atoms with Crippen LogP contribution in [0.3, 0.4) is 0 Å². The summed E-state index contributed by atoms with van der Waals surface area (Å²) in [5.41, 5.74) is 8.52. The lowest BCUT2D eigenvalue weighted by atomic mass is 9.92. The van der Waals surface area contributed by atoms with Gasteiger partial charge in [-0.2, -0.15) is 0 Å². The van der Waals surface area contributed by atoms with Crippen LogP contribution in [0.25, 0.3) is 11.1 Å². The molecule has 2 amide bonds. The number of piperazine rings is 1. The molecule has 1 heterocycles. The molecule has 2 aromatic rings. The molecule has 1 saturated heterocycles. The first-order valence-electron chi connectivity index (χ1n) is 10.2. The number of carbonyl (C=O) groups excluding carboxylic acids is 2. The lowest BCUT2D eigenvalue weighted by molar-refractivity contribution is -0.124. The van der Waals surface area contributed by atoms with Crippen LogP contribution in [0.4, 0.5) is 10.5 Å². The van der Waals surface area contributed by atoms with Gasteiger partial charge in [-0.15, -0.1) is 0 Å². The average Bonchev–Trinajstić information content (AvgIpc) is 2.77. The van der Waals surface area contributed by atoms with Crippen molar-refractivity contribution < 1.29 is 14.7 Å². The van der Waals surface area contributed by atoms with Crippen molar-refractivity contribution in [2.75, 3.05) is 37.7 Å². The number of hydrogen-bond acceptors (Lipinski definition) is 5. The minimum absolute atomic E-state index is 0.334. The zero-order chi connectivity index (χ0) is 21.7. The molecule has 1 aliphatic rings. The van der Waals surface area contributed by atoms with Crippen LogP contribution in [-0.4, -0.2) is 66.2 Å². The third-order valence-corrected chi connectivity index (χ3v) is 5.40. The van der Waals surface area contributed by atoms with Crippen LogP contribution in [0, 0.1) is 0 Å². The molecule has 0 aromatic heterocycles. The predicted octanol–water partition coefficient (Wildman–Crippen LogP) is 1.85. The molecule has 0 bridgehead atoms. The van der Waals surface area contributed by atoms with Gasteiger partial charge in [-0.05, 0) is 37.1 Å². The lowest BCUT2D eigenvalue weighted by Crippen LogP contribution is -2.62. The van der Waals surface area contributed by atoms with Gasteiger partial charge in [0, 0.05) is 37.4 Å². The van der Waals surface area contributed by atoms with E-state index >= 15 is 0 Å². The van der Waals surface area contributed by atoms with E-state index in [1.807, 2.05) is 18.2 Å². The lowest BCUT2D eigenvalue weighted by Gasteiger charge is -2.38. The number of nitrogens with one attached hydrogen (secondary N) is 1. The fourth-order valence-electron chi connectivity index (χ4n) is 3.65. The van der Waals surface area contributed by atoms with Gasteiger partial charge in [0.2, 0.25) is 0 Å². The third-order valence-electron chi connectivity index (χ3n) is 5.40. The average molecular weight is 411 g/mol. The molecule has 0 saturated carbocycles. The smallest absolute Gasteiger partial charge is 0.318 e. The summed E-state index contributed by atoms with van der Waals surface area (Å²) in [6.07, 6.45) is 0. The molecular formula is C23H30N4O3. The van der Waals surface area contributed by atoms with Gasteiger partial charge in [-0.3, -0.25) is 4.79 Å². The molecule has 7 heteroatoms. The second-order valence-electron chi connectivity index (χ2n) is 8.22. The molecule has 7 nitrogen and oxygen atoms in total. The first kappa shape index (κ1) is 21.8. The molecule has 0 radical (unpaired) electrons. The van der Waals surface area contributed by atoms with Gasteiger partial charge in [0.05, 0.1) is 0 Å². The summed E-state index contributed by atoms with van der Waals surface area (Å²) in [5.74, 6) is -0.493. The topological polar surface area (TPSA) is 98.9 Å². The number of nitrogens with two attached hydrogens (primary N) is 1. The number of Topliss-reactive ketones (excluding diaryl/α,β-unsaturated/α-hetero) is 1. The number of benzene rings is 2. The third kappa shape index (κ3) is 5.17. The van der Waals surface area contributed by atoms with Crippen LogP contribution >= 0.6 is 0 Å². The Morgan fingerprint density at radius 2 is 1.57 bits per heavy atom. The Balaban J connectivity index is 1.58. The maximum absolute atomic E-state index is 12.6. The zero-order valence-corrected chi connectivity index (χ0v) is 17.5. The Labute approximate surface area is 177 Å². The first-order valence-corrected chi connectivity index (χ1v) is 10.2. The van der Waals surface area contributed by atoms with E-state index in [-0.39, 0.29) is 6.03 Å². The Morgan fingerprint density at radius 3 is 2.10 bits per heavy atom. The van der Waals surface area contributed by atoms with E-state index in [1.165, 1.54) is 11.1 Å². The highest BCUT2D eigenvalue weighted by Crippen LogP contribution is 2.24. The molecule has 1 atom stereocenters. The highest BCUT2D eigenvalue weighted by molar-refractivity contribution is 5.90. The Hall–Kier alpha value is -2.90. The second-order valence-corrected chi connectivity index (χ2v) is 8.22. The molecule has 3 rings (SSSR count). The number of urea groups is 1. The number of ketones is 1. The molecule has 1 aliphatic heterocycles. The van der Waals surface area contributed by atoms with Gasteiger partial charge in [0.1, 0.15) is 12.6 Å². The fraction of sp³-hybridized carbons (Fsp3) is 0.391. The summed E-state index contributed by atoms with van der Waals surface area (Å²) in [4.78, 5) is 28.5. The molecule has 0 spiro atoms. The summed E-state index contributed by atoms with van der Waals surface area (Å²) < 4.78 is 0. The van der Waals surface area contributed by atoms with E-state index in [0.29, 0.717) is 26.2 Å². The largest absolute Gasteiger partial charge is 0.388 e. The highest BCUT2D eigenvalue weighted by atomic mass is 16.3. The number of aliphatic hydroxyl groups is 1. The Kier molecular flexibility index (Phi) is 6.74. The Bertz CT molecular complexity index is 854. The minimum Gasteiger partial charge on any atom is -0.388 e. The van der Waals surface area contributed by atoms with Crippen molar-refractivity contribution >= 4 is 17.5 Å². The summed E-state index contributed by atoms with van der Waals surface area (Å²) in [6, 6.07) is 17.4. The Morgan fingerprint density at radius 1 is 1.00 bits per heavy atom. The van der Waals surface area contributed by atoms with Gasteiger partial charge in [-0.25, -0.2) is 4.79 Å². The van der Waals surface area contributed by atoms with Crippen LogP contribution < -0.4 is 16.0 Å². The van der Waals surface area contributed by atoms with Crippen molar-refractivity contribution in [3.05, 3.63) is 54.6 Å². The molecule has 0 aliphatic carbocycles. The van der Waals surface area contributed by atoms with Crippen molar-refractivity contribution in [3.63, 3.8) is 0 Å². The van der Waals surface area contributed by atoms with E-state index < -0.39 is 24.0 Å². The van der Waals surface area contributed by atoms with Gasteiger partial charge in [0.15, 0.2) is 5.78 Å². The van der Waals surface area contributed by atoms with Crippen molar-refractivity contribution in [1.29, 1.82) is 0 Å². The fourth-order valence-corrected chi connectivity index (χ4v) is 3.65. The number of rotatable bonds is 6. The summed E-state index contributed by atoms with van der Waals surface area (Å²) in [7, 11) is 0. The SMILES string of the molecule is CC(C)(N)[C@@H](NC(=O)N1CCN(c2ccc(-c3ccccc3)cc2)CC1)C(=O)CO. The maximum atomic E-state index is 12.6. The number of carbonyl (C=O) groups is 2. The van der Waals surface area contributed by atoms with Crippen LogP contribution in [0.1, 0.15) is 13.8 Å². The number of nitrogens with zero attached hydrogens (tertiary/aromatic N) is 2. The van der Waals surface area contributed by atoms with Crippen molar-refractivity contribution in [1.82, 2.24) is 10.2 Å². The van der Waals surface area contributed by atoms with Crippen molar-refractivity contribution in [3.8, 4) is 11.1 Å². The first-order chi connectivity index (χ1) is 14.3. The normalized spacial score (nSPS) is 15.6. The summed E-state index contributed by atoms with van der Waals surface area (Å²) in [5, 5.41) is 11.9. The quantitative estimate of drug-likeness (QED) is 0.675. The second kappa shape index (κ2) is 9.28. The zero-order valence-electron chi connectivity index (χ0n) is 17.5. The minimum atomic E-state index is -0.961. The summed E-state index contributed by atoms with van der Waals surface area (Å²) >= 11 is 0. The van der Waals surface area contributed by atoms with Gasteiger partial charge in [-0.1, -0.05) is 42.5 Å². The van der Waals surface area contributed by atoms with E-state index in [2.05, 4.69) is 46.6 Å². The van der Waals surface area contributed by atoms with Crippen molar-refractivity contribution in [2.24, 2.45) is 5.73 Å². The molecule has 1 fully saturated rings. The van der Waals surface area contributed by atoms with Gasteiger partial charge >= 0.3 is 6.03 Å².